The quantitative estimate of drug-likeness (QED) is 0.435. The van der Waals surface area contributed by atoms with Gasteiger partial charge in [-0.25, -0.2) is 18.6 Å². The highest BCUT2D eigenvalue weighted by atomic mass is 35.5. The molecule has 2 aromatic heterocycles. The van der Waals surface area contributed by atoms with Crippen molar-refractivity contribution in [2.75, 3.05) is 29.9 Å². The molecule has 0 spiro atoms. The molecule has 0 bridgehead atoms. The summed E-state index contributed by atoms with van der Waals surface area (Å²) < 4.78 is 31.9. The summed E-state index contributed by atoms with van der Waals surface area (Å²) in [5.74, 6) is -4.68. The first kappa shape index (κ1) is 26.3. The van der Waals surface area contributed by atoms with Crippen LogP contribution in [-0.4, -0.2) is 60.5 Å². The molecule has 4 rings (SSSR count). The van der Waals surface area contributed by atoms with Crippen LogP contribution in [0.4, 0.5) is 26.2 Å². The average molecular weight is 525 g/mol. The van der Waals surface area contributed by atoms with Gasteiger partial charge >= 0.3 is 5.69 Å². The predicted octanol–water partition coefficient (Wildman–Crippen LogP) is 3.39. The van der Waals surface area contributed by atoms with Gasteiger partial charge in [-0.2, -0.15) is 4.98 Å². The lowest BCUT2D eigenvalue weighted by molar-refractivity contribution is -0.124. The van der Waals surface area contributed by atoms with E-state index in [1.54, 1.807) is 53.1 Å². The van der Waals surface area contributed by atoms with Crippen LogP contribution in [0, 0.1) is 11.8 Å². The van der Waals surface area contributed by atoms with E-state index in [9.17, 15) is 23.8 Å². The molecule has 1 fully saturated rings. The number of aryl methyl sites for hydroxylation is 2. The predicted molar refractivity (Wildman–Crippen MR) is 135 cm³/mol. The van der Waals surface area contributed by atoms with Crippen molar-refractivity contribution in [3.05, 3.63) is 39.9 Å². The van der Waals surface area contributed by atoms with E-state index in [0.717, 1.165) is 5.52 Å². The van der Waals surface area contributed by atoms with Gasteiger partial charge in [0.05, 0.1) is 35.4 Å². The van der Waals surface area contributed by atoms with Crippen LogP contribution in [0.3, 0.4) is 0 Å². The Balaban J connectivity index is 1.63. The molecule has 1 aliphatic heterocycles. The molecule has 3 aromatic rings. The summed E-state index contributed by atoms with van der Waals surface area (Å²) in [6.45, 7) is 4.47. The van der Waals surface area contributed by atoms with Crippen molar-refractivity contribution >= 4 is 40.1 Å². The van der Waals surface area contributed by atoms with Gasteiger partial charge in [0.15, 0.2) is 5.82 Å². The molecule has 3 N–H and O–H groups in total. The summed E-state index contributed by atoms with van der Waals surface area (Å²) in [4.78, 5) is 23.1. The molecule has 3 heterocycles. The Morgan fingerprint density at radius 3 is 2.67 bits per heavy atom. The summed E-state index contributed by atoms with van der Waals surface area (Å²) in [5, 5.41) is 23.0. The lowest BCUT2D eigenvalue weighted by Gasteiger charge is -2.41. The number of imidazole rings is 1. The third-order valence-corrected chi connectivity index (χ3v) is 7.00. The fourth-order valence-corrected chi connectivity index (χ4v) is 4.62. The third kappa shape index (κ3) is 5.05. The Labute approximate surface area is 212 Å². The summed E-state index contributed by atoms with van der Waals surface area (Å²) in [6.07, 6.45) is 1.80. The standard InChI is InChI=1S/C24H31ClF2N6O3/c1-14-11-32(12-15(13-34)24(14,26)27)21-28-10-17(25)20(30-21)29-16-5-6-18-19(9-16)33(22(35)31(18)4)8-7-23(2,3)36/h5-6,9-10,14-15,34,36H,7-8,11-13H2,1-4H3,(H,28,29,30)/t14-,15-/m0/s1. The van der Waals surface area contributed by atoms with E-state index >= 15 is 0 Å². The maximum atomic E-state index is 14.4. The van der Waals surface area contributed by atoms with Crippen molar-refractivity contribution in [3.8, 4) is 0 Å². The Bertz CT molecular complexity index is 1320. The zero-order valence-electron chi connectivity index (χ0n) is 20.7. The second-order valence-corrected chi connectivity index (χ2v) is 10.5. The van der Waals surface area contributed by atoms with Gasteiger partial charge in [0, 0.05) is 38.3 Å². The minimum atomic E-state index is -2.98. The van der Waals surface area contributed by atoms with Crippen molar-refractivity contribution in [1.82, 2.24) is 19.1 Å². The minimum absolute atomic E-state index is 0.0357. The first-order chi connectivity index (χ1) is 16.8. The number of anilines is 3. The first-order valence-electron chi connectivity index (χ1n) is 11.8. The summed E-state index contributed by atoms with van der Waals surface area (Å²) >= 11 is 6.34. The Morgan fingerprint density at radius 1 is 1.28 bits per heavy atom. The van der Waals surface area contributed by atoms with Gasteiger partial charge in [0.25, 0.3) is 5.92 Å². The number of aromatic nitrogens is 4. The zero-order valence-corrected chi connectivity index (χ0v) is 21.4. The molecule has 2 atom stereocenters. The van der Waals surface area contributed by atoms with Crippen molar-refractivity contribution in [2.45, 2.75) is 45.3 Å². The van der Waals surface area contributed by atoms with Crippen LogP contribution in [0.25, 0.3) is 11.0 Å². The monoisotopic (exact) mass is 524 g/mol. The lowest BCUT2D eigenvalue weighted by atomic mass is 9.86. The summed E-state index contributed by atoms with van der Waals surface area (Å²) in [5.41, 5.74) is 0.911. The molecule has 0 saturated carbocycles. The molecule has 0 unspecified atom stereocenters. The number of nitrogens with one attached hydrogen (secondary N) is 1. The number of rotatable bonds is 7. The first-order valence-corrected chi connectivity index (χ1v) is 12.1. The molecule has 12 heteroatoms. The van der Waals surface area contributed by atoms with E-state index in [4.69, 9.17) is 11.6 Å². The van der Waals surface area contributed by atoms with Crippen molar-refractivity contribution in [2.24, 2.45) is 18.9 Å². The molecule has 1 aromatic carbocycles. The Hall–Kier alpha value is -2.76. The van der Waals surface area contributed by atoms with Crippen LogP contribution in [0.5, 0.6) is 0 Å². The average Bonchev–Trinajstić information content (AvgIpc) is 3.04. The summed E-state index contributed by atoms with van der Waals surface area (Å²) in [6, 6.07) is 5.38. The van der Waals surface area contributed by atoms with Gasteiger partial charge in [-0.1, -0.05) is 18.5 Å². The van der Waals surface area contributed by atoms with Gasteiger partial charge in [0.2, 0.25) is 5.95 Å². The topological polar surface area (TPSA) is 108 Å². The maximum Gasteiger partial charge on any atom is 0.328 e. The second kappa shape index (κ2) is 9.60. The number of aliphatic hydroxyl groups excluding tert-OH is 1. The molecule has 0 aliphatic carbocycles. The highest BCUT2D eigenvalue weighted by Crippen LogP contribution is 2.39. The van der Waals surface area contributed by atoms with Gasteiger partial charge in [-0.3, -0.25) is 9.13 Å². The number of nitrogens with zero attached hydrogens (tertiary/aromatic N) is 5. The number of alkyl halides is 2. The highest BCUT2D eigenvalue weighted by molar-refractivity contribution is 6.32. The van der Waals surface area contributed by atoms with Crippen LogP contribution in [-0.2, 0) is 13.6 Å². The van der Waals surface area contributed by atoms with E-state index < -0.39 is 30.0 Å². The maximum absolute atomic E-state index is 14.4. The van der Waals surface area contributed by atoms with Gasteiger partial charge in [-0.05, 0) is 38.5 Å². The Morgan fingerprint density at radius 2 is 2.00 bits per heavy atom. The highest BCUT2D eigenvalue weighted by Gasteiger charge is 2.49. The number of hydrogen-bond acceptors (Lipinski definition) is 7. The molecule has 0 radical (unpaired) electrons. The third-order valence-electron chi connectivity index (χ3n) is 6.73. The zero-order chi connectivity index (χ0) is 26.4. The fraction of sp³-hybridized carbons (Fsp3) is 0.542. The Kier molecular flexibility index (Phi) is 7.02. The van der Waals surface area contributed by atoms with Gasteiger partial charge in [0.1, 0.15) is 5.02 Å². The number of hydrogen-bond donors (Lipinski definition) is 3. The van der Waals surface area contributed by atoms with Crippen LogP contribution in [0.1, 0.15) is 27.2 Å². The van der Waals surface area contributed by atoms with Gasteiger partial charge in [-0.15, -0.1) is 0 Å². The SMILES string of the molecule is C[C@H]1CN(c2ncc(Cl)c(Nc3ccc4c(c3)n(CCC(C)(C)O)c(=O)n4C)n2)C[C@@H](CO)C1(F)F. The summed E-state index contributed by atoms with van der Waals surface area (Å²) in [7, 11) is 1.69. The van der Waals surface area contributed by atoms with Crippen LogP contribution >= 0.6 is 11.6 Å². The van der Waals surface area contributed by atoms with Crippen molar-refractivity contribution in [3.63, 3.8) is 0 Å². The molecule has 1 aliphatic rings. The van der Waals surface area contributed by atoms with Gasteiger partial charge < -0.3 is 20.4 Å². The van der Waals surface area contributed by atoms with E-state index in [-0.39, 0.29) is 35.6 Å². The van der Waals surface area contributed by atoms with E-state index in [1.807, 2.05) is 0 Å². The molecule has 36 heavy (non-hydrogen) atoms. The van der Waals surface area contributed by atoms with E-state index in [0.29, 0.717) is 24.2 Å². The molecule has 1 saturated heterocycles. The number of halogens is 3. The number of fused-ring (bicyclic) bond motifs is 1. The second-order valence-electron chi connectivity index (χ2n) is 10.1. The molecule has 0 amide bonds. The normalized spacial score (nSPS) is 20.2. The van der Waals surface area contributed by atoms with E-state index in [2.05, 4.69) is 15.3 Å². The largest absolute Gasteiger partial charge is 0.396 e. The molecule has 9 nitrogen and oxygen atoms in total. The minimum Gasteiger partial charge on any atom is -0.396 e. The van der Waals surface area contributed by atoms with Crippen molar-refractivity contribution in [1.29, 1.82) is 0 Å². The van der Waals surface area contributed by atoms with Crippen LogP contribution in [0.15, 0.2) is 29.2 Å². The number of aliphatic hydroxyl groups is 2. The van der Waals surface area contributed by atoms with Crippen molar-refractivity contribution < 1.29 is 19.0 Å². The fourth-order valence-electron chi connectivity index (χ4n) is 4.48. The van der Waals surface area contributed by atoms with E-state index in [1.165, 1.54) is 13.1 Å². The lowest BCUT2D eigenvalue weighted by Crippen LogP contribution is -2.54. The number of piperidine rings is 1. The van der Waals surface area contributed by atoms with Crippen LogP contribution < -0.4 is 15.9 Å². The number of benzene rings is 1. The molecule has 196 valence electrons. The molecular formula is C24H31ClF2N6O3. The smallest absolute Gasteiger partial charge is 0.328 e. The molecular weight excluding hydrogens is 494 g/mol. The van der Waals surface area contributed by atoms with Crippen LogP contribution in [0.2, 0.25) is 5.02 Å².